The number of carbonyl (C=O) groups is 3. The van der Waals surface area contributed by atoms with Crippen LogP contribution in [0.1, 0.15) is 23.2 Å². The molecule has 1 rings (SSSR count). The Morgan fingerprint density at radius 1 is 1.52 bits per heavy atom. The molecule has 0 saturated heterocycles. The summed E-state index contributed by atoms with van der Waals surface area (Å²) in [6.45, 7) is 0. The van der Waals surface area contributed by atoms with Crippen molar-refractivity contribution in [3.8, 4) is 0 Å². The minimum Gasteiger partial charge on any atom is -0.480 e. The first kappa shape index (κ1) is 16.6. The number of nitro groups is 1. The first-order valence-corrected chi connectivity index (χ1v) is 6.56. The molecule has 10 heteroatoms. The molecule has 0 aliphatic rings. The van der Waals surface area contributed by atoms with Gasteiger partial charge in [-0.1, -0.05) is 11.3 Å². The van der Waals surface area contributed by atoms with Crippen molar-refractivity contribution in [3.63, 3.8) is 0 Å². The maximum Gasteiger partial charge on any atom is 0.326 e. The highest BCUT2D eigenvalue weighted by Gasteiger charge is 2.23. The molecule has 0 fully saturated rings. The van der Waals surface area contributed by atoms with Crippen molar-refractivity contribution in [3.05, 3.63) is 27.1 Å². The zero-order valence-electron chi connectivity index (χ0n) is 10.9. The Balaban J connectivity index is 2.69. The maximum atomic E-state index is 11.8. The van der Waals surface area contributed by atoms with Crippen molar-refractivity contribution in [2.75, 3.05) is 7.11 Å². The summed E-state index contributed by atoms with van der Waals surface area (Å²) in [7, 11) is 1.17. The lowest BCUT2D eigenvalue weighted by atomic mass is 10.1. The van der Waals surface area contributed by atoms with Crippen LogP contribution in [0.3, 0.4) is 0 Å². The number of thiophene rings is 1. The van der Waals surface area contributed by atoms with Crippen LogP contribution in [0, 0.1) is 10.1 Å². The zero-order valence-corrected chi connectivity index (χ0v) is 11.7. The van der Waals surface area contributed by atoms with Crippen molar-refractivity contribution in [1.82, 2.24) is 5.32 Å². The number of carboxylic acids is 1. The van der Waals surface area contributed by atoms with Gasteiger partial charge in [0.1, 0.15) is 6.04 Å². The molecule has 1 heterocycles. The van der Waals surface area contributed by atoms with Gasteiger partial charge >= 0.3 is 16.9 Å². The van der Waals surface area contributed by atoms with Crippen molar-refractivity contribution >= 4 is 34.2 Å². The van der Waals surface area contributed by atoms with Crippen molar-refractivity contribution in [1.29, 1.82) is 0 Å². The molecule has 0 aliphatic heterocycles. The highest BCUT2D eigenvalue weighted by Crippen LogP contribution is 2.22. The minimum absolute atomic E-state index is 0.00369. The molecule has 0 aromatic carbocycles. The second-order valence-electron chi connectivity index (χ2n) is 3.91. The molecule has 0 radical (unpaired) electrons. The number of nitrogens with zero attached hydrogens (tertiary/aromatic N) is 1. The van der Waals surface area contributed by atoms with Gasteiger partial charge in [-0.3, -0.25) is 19.7 Å². The van der Waals surface area contributed by atoms with Crippen LogP contribution in [0.2, 0.25) is 0 Å². The third-order valence-corrected chi connectivity index (χ3v) is 3.38. The highest BCUT2D eigenvalue weighted by atomic mass is 32.1. The molecule has 21 heavy (non-hydrogen) atoms. The molecule has 0 spiro atoms. The topological polar surface area (TPSA) is 136 Å². The normalized spacial score (nSPS) is 11.5. The van der Waals surface area contributed by atoms with Crippen LogP contribution in [0.5, 0.6) is 0 Å². The largest absolute Gasteiger partial charge is 0.480 e. The number of rotatable bonds is 7. The average molecular weight is 316 g/mol. The Morgan fingerprint density at radius 3 is 2.67 bits per heavy atom. The number of hydrogen-bond acceptors (Lipinski definition) is 7. The predicted octanol–water partition coefficient (Wildman–Crippen LogP) is 0.792. The molecule has 114 valence electrons. The van der Waals surface area contributed by atoms with E-state index in [1.807, 2.05) is 0 Å². The Bertz CT molecular complexity index is 569. The molecule has 9 nitrogen and oxygen atoms in total. The Morgan fingerprint density at radius 2 is 2.19 bits per heavy atom. The van der Waals surface area contributed by atoms with E-state index in [2.05, 4.69) is 10.1 Å². The number of methoxy groups -OCH3 is 1. The lowest BCUT2D eigenvalue weighted by Gasteiger charge is -2.13. The van der Waals surface area contributed by atoms with Gasteiger partial charge in [-0.25, -0.2) is 4.79 Å². The summed E-state index contributed by atoms with van der Waals surface area (Å²) in [4.78, 5) is 43.7. The maximum absolute atomic E-state index is 11.8. The van der Waals surface area contributed by atoms with Gasteiger partial charge in [0.25, 0.3) is 5.91 Å². The van der Waals surface area contributed by atoms with Gasteiger partial charge in [0.2, 0.25) is 0 Å². The first-order chi connectivity index (χ1) is 9.85. The van der Waals surface area contributed by atoms with E-state index < -0.39 is 28.8 Å². The number of ether oxygens (including phenoxy) is 1. The predicted molar refractivity (Wildman–Crippen MR) is 71.1 cm³/mol. The van der Waals surface area contributed by atoms with Crippen LogP contribution in [-0.4, -0.2) is 41.0 Å². The Hall–Kier alpha value is -2.49. The summed E-state index contributed by atoms with van der Waals surface area (Å²) in [5.41, 5.74) is -0.00369. The Kier molecular flexibility index (Phi) is 5.79. The molecule has 1 aromatic rings. The van der Waals surface area contributed by atoms with E-state index in [-0.39, 0.29) is 23.4 Å². The van der Waals surface area contributed by atoms with E-state index in [9.17, 15) is 24.5 Å². The molecule has 1 unspecified atom stereocenters. The number of nitrogens with one attached hydrogen (secondary N) is 1. The lowest BCUT2D eigenvalue weighted by Crippen LogP contribution is -2.41. The fraction of sp³-hybridized carbons (Fsp3) is 0.364. The van der Waals surface area contributed by atoms with Gasteiger partial charge in [-0.15, -0.1) is 0 Å². The molecular formula is C11H12N2O7S. The quantitative estimate of drug-likeness (QED) is 0.431. The molecule has 0 aliphatic carbocycles. The average Bonchev–Trinajstić information content (AvgIpc) is 2.92. The summed E-state index contributed by atoms with van der Waals surface area (Å²) in [5.74, 6) is -2.66. The van der Waals surface area contributed by atoms with Gasteiger partial charge < -0.3 is 15.2 Å². The molecule has 1 atom stereocenters. The van der Waals surface area contributed by atoms with Crippen LogP contribution >= 0.6 is 11.3 Å². The van der Waals surface area contributed by atoms with E-state index in [0.29, 0.717) is 0 Å². The summed E-state index contributed by atoms with van der Waals surface area (Å²) in [5, 5.41) is 22.7. The molecule has 0 saturated carbocycles. The molecule has 1 aromatic heterocycles. The SMILES string of the molecule is COC(=O)CCC(NC(=O)c1csc([N+](=O)[O-])c1)C(=O)O. The van der Waals surface area contributed by atoms with Crippen LogP contribution in [0.4, 0.5) is 5.00 Å². The van der Waals surface area contributed by atoms with Gasteiger partial charge in [-0.2, -0.15) is 0 Å². The van der Waals surface area contributed by atoms with Crippen LogP contribution in [0.25, 0.3) is 0 Å². The fourth-order valence-corrected chi connectivity index (χ4v) is 2.11. The number of aliphatic carboxylic acids is 1. The highest BCUT2D eigenvalue weighted by molar-refractivity contribution is 7.13. The van der Waals surface area contributed by atoms with Crippen molar-refractivity contribution < 1.29 is 29.2 Å². The Labute approximate surface area is 122 Å². The minimum atomic E-state index is -1.31. The van der Waals surface area contributed by atoms with Crippen LogP contribution < -0.4 is 5.32 Å². The third-order valence-electron chi connectivity index (χ3n) is 2.50. The summed E-state index contributed by atoms with van der Waals surface area (Å²) >= 11 is 0.762. The molecule has 2 N–H and O–H groups in total. The fourth-order valence-electron chi connectivity index (χ4n) is 1.40. The standard InChI is InChI=1S/C11H12N2O7S/c1-20-9(14)3-2-7(11(16)17)12-10(15)6-4-8(13(18)19)21-5-6/h4-5,7H,2-3H2,1H3,(H,12,15)(H,16,17). The van der Waals surface area contributed by atoms with Gasteiger partial charge in [0.15, 0.2) is 0 Å². The molecule has 1 amide bonds. The lowest BCUT2D eigenvalue weighted by molar-refractivity contribution is -0.380. The van der Waals surface area contributed by atoms with E-state index in [0.717, 1.165) is 17.4 Å². The first-order valence-electron chi connectivity index (χ1n) is 5.68. The number of esters is 1. The van der Waals surface area contributed by atoms with Gasteiger partial charge in [0.05, 0.1) is 17.6 Å². The van der Waals surface area contributed by atoms with Crippen molar-refractivity contribution in [2.24, 2.45) is 0 Å². The van der Waals surface area contributed by atoms with E-state index in [4.69, 9.17) is 5.11 Å². The van der Waals surface area contributed by atoms with E-state index in [1.54, 1.807) is 0 Å². The number of amides is 1. The van der Waals surface area contributed by atoms with Crippen LogP contribution in [-0.2, 0) is 14.3 Å². The van der Waals surface area contributed by atoms with Gasteiger partial charge in [0, 0.05) is 17.9 Å². The zero-order chi connectivity index (χ0) is 16.0. The summed E-state index contributed by atoms with van der Waals surface area (Å²) in [6, 6.07) is -0.227. The van der Waals surface area contributed by atoms with E-state index in [1.165, 1.54) is 12.5 Å². The summed E-state index contributed by atoms with van der Waals surface area (Å²) < 4.78 is 4.38. The molecular weight excluding hydrogens is 304 g/mol. The van der Waals surface area contributed by atoms with Crippen LogP contribution in [0.15, 0.2) is 11.4 Å². The molecule has 0 bridgehead atoms. The van der Waals surface area contributed by atoms with E-state index >= 15 is 0 Å². The summed E-state index contributed by atoms with van der Waals surface area (Å²) in [6.07, 6.45) is -0.308. The number of hydrogen-bond donors (Lipinski definition) is 2. The number of carboxylic acid groups (broad SMARTS) is 1. The monoisotopic (exact) mass is 316 g/mol. The third kappa shape index (κ3) is 4.84. The second-order valence-corrected chi connectivity index (χ2v) is 4.80. The van der Waals surface area contributed by atoms with Crippen molar-refractivity contribution in [2.45, 2.75) is 18.9 Å². The smallest absolute Gasteiger partial charge is 0.326 e. The van der Waals surface area contributed by atoms with Gasteiger partial charge in [-0.05, 0) is 6.42 Å². The second kappa shape index (κ2) is 7.33. The number of carbonyl (C=O) groups excluding carboxylic acids is 2.